The quantitative estimate of drug-likeness (QED) is 0.788. The predicted octanol–water partition coefficient (Wildman–Crippen LogP) is 2.38. The fourth-order valence-electron chi connectivity index (χ4n) is 3.34. The second-order valence-corrected chi connectivity index (χ2v) is 6.67. The van der Waals surface area contributed by atoms with Crippen LogP contribution in [0.2, 0.25) is 0 Å². The molecule has 0 bridgehead atoms. The lowest BCUT2D eigenvalue weighted by molar-refractivity contribution is -0.121. The molecule has 0 spiro atoms. The van der Waals surface area contributed by atoms with Crippen LogP contribution in [0.3, 0.4) is 0 Å². The van der Waals surface area contributed by atoms with Crippen LogP contribution in [0.5, 0.6) is 0 Å². The van der Waals surface area contributed by atoms with E-state index in [9.17, 15) is 10.1 Å². The Morgan fingerprint density at radius 3 is 2.52 bits per heavy atom. The van der Waals surface area contributed by atoms with Gasteiger partial charge in [-0.2, -0.15) is 5.26 Å². The minimum atomic E-state index is -1.00. The van der Waals surface area contributed by atoms with Crippen molar-refractivity contribution in [2.45, 2.75) is 31.6 Å². The zero-order valence-electron chi connectivity index (χ0n) is 15.6. The third-order valence-corrected chi connectivity index (χ3v) is 4.75. The Morgan fingerprint density at radius 1 is 1.22 bits per heavy atom. The number of methoxy groups -OCH3 is 1. The molecule has 1 fully saturated rings. The number of para-hydroxylation sites is 2. The zero-order valence-corrected chi connectivity index (χ0v) is 15.6. The first-order valence-electron chi connectivity index (χ1n) is 9.42. The lowest BCUT2D eigenvalue weighted by Crippen LogP contribution is -2.34. The smallest absolute Gasteiger partial charge is 0.243 e. The van der Waals surface area contributed by atoms with Gasteiger partial charge in [-0.1, -0.05) is 25.0 Å². The second kappa shape index (κ2) is 9.28. The number of carbonyl (C=O) groups is 1. The van der Waals surface area contributed by atoms with Crippen molar-refractivity contribution in [3.8, 4) is 6.07 Å². The number of anilines is 1. The Bertz CT molecular complexity index is 825. The molecule has 1 saturated heterocycles. The van der Waals surface area contributed by atoms with Crippen molar-refractivity contribution >= 4 is 22.8 Å². The Balaban J connectivity index is 2.01. The maximum Gasteiger partial charge on any atom is 0.243 e. The van der Waals surface area contributed by atoms with Crippen LogP contribution in [0.25, 0.3) is 11.0 Å². The highest BCUT2D eigenvalue weighted by molar-refractivity contribution is 5.88. The summed E-state index contributed by atoms with van der Waals surface area (Å²) in [4.78, 5) is 24.3. The number of hydrogen-bond donors (Lipinski definition) is 1. The molecule has 1 aliphatic rings. The van der Waals surface area contributed by atoms with E-state index in [2.05, 4.69) is 21.3 Å². The van der Waals surface area contributed by atoms with E-state index in [4.69, 9.17) is 9.72 Å². The molecule has 0 saturated carbocycles. The van der Waals surface area contributed by atoms with Crippen LogP contribution in [0, 0.1) is 11.3 Å². The summed E-state index contributed by atoms with van der Waals surface area (Å²) in [6, 6.07) is 9.69. The molecule has 1 aromatic carbocycles. The van der Waals surface area contributed by atoms with E-state index in [1.165, 1.54) is 12.8 Å². The summed E-state index contributed by atoms with van der Waals surface area (Å²) < 4.78 is 4.97. The Morgan fingerprint density at radius 2 is 1.89 bits per heavy atom. The van der Waals surface area contributed by atoms with E-state index >= 15 is 0 Å². The average molecular weight is 367 g/mol. The SMILES string of the molecule is COCCNC(=O)[C@@H](C#N)c1nc2ccccc2nc1N1CCCCCC1. The second-order valence-electron chi connectivity index (χ2n) is 6.67. The summed E-state index contributed by atoms with van der Waals surface area (Å²) in [5.41, 5.74) is 1.90. The molecule has 2 aromatic rings. The average Bonchev–Trinajstić information content (AvgIpc) is 2.97. The highest BCUT2D eigenvalue weighted by Crippen LogP contribution is 2.28. The molecule has 0 unspecified atom stereocenters. The van der Waals surface area contributed by atoms with Gasteiger partial charge in [0, 0.05) is 26.7 Å². The van der Waals surface area contributed by atoms with E-state index in [1.54, 1.807) is 7.11 Å². The standard InChI is InChI=1S/C20H25N5O2/c1-27-13-10-22-20(26)15(14-21)18-19(25-11-6-2-3-7-12-25)24-17-9-5-4-8-16(17)23-18/h4-5,8-9,15H,2-3,6-7,10-13H2,1H3,(H,22,26)/t15-/m0/s1. The van der Waals surface area contributed by atoms with Gasteiger partial charge in [-0.25, -0.2) is 9.97 Å². The number of hydrogen-bond acceptors (Lipinski definition) is 6. The van der Waals surface area contributed by atoms with Crippen LogP contribution < -0.4 is 10.2 Å². The van der Waals surface area contributed by atoms with Gasteiger partial charge in [-0.05, 0) is 25.0 Å². The van der Waals surface area contributed by atoms with Gasteiger partial charge in [-0.3, -0.25) is 4.79 Å². The fourth-order valence-corrected chi connectivity index (χ4v) is 3.34. The highest BCUT2D eigenvalue weighted by atomic mass is 16.5. The first kappa shape index (κ1) is 19.1. The van der Waals surface area contributed by atoms with Gasteiger partial charge in [0.15, 0.2) is 11.7 Å². The molecule has 0 radical (unpaired) electrons. The molecule has 27 heavy (non-hydrogen) atoms. The number of rotatable bonds is 6. The maximum absolute atomic E-state index is 12.6. The van der Waals surface area contributed by atoms with Gasteiger partial charge in [0.05, 0.1) is 23.7 Å². The fraction of sp³-hybridized carbons (Fsp3) is 0.500. The molecule has 7 heteroatoms. The number of benzene rings is 1. The van der Waals surface area contributed by atoms with Crippen molar-refractivity contribution in [3.63, 3.8) is 0 Å². The molecule has 142 valence electrons. The molecule has 1 atom stereocenters. The Kier molecular flexibility index (Phi) is 6.55. The monoisotopic (exact) mass is 367 g/mol. The van der Waals surface area contributed by atoms with E-state index in [0.29, 0.717) is 30.2 Å². The lowest BCUT2D eigenvalue weighted by atomic mass is 10.0. The number of aromatic nitrogens is 2. The molecule has 2 heterocycles. The van der Waals surface area contributed by atoms with Gasteiger partial charge in [-0.15, -0.1) is 0 Å². The molecule has 0 aliphatic carbocycles. The number of nitrogens with one attached hydrogen (secondary N) is 1. The number of carbonyl (C=O) groups excluding carboxylic acids is 1. The number of nitriles is 1. The number of fused-ring (bicyclic) bond motifs is 1. The number of nitrogens with zero attached hydrogens (tertiary/aromatic N) is 4. The lowest BCUT2D eigenvalue weighted by Gasteiger charge is -2.25. The first-order valence-corrected chi connectivity index (χ1v) is 9.42. The first-order chi connectivity index (χ1) is 13.2. The summed E-state index contributed by atoms with van der Waals surface area (Å²) >= 11 is 0. The van der Waals surface area contributed by atoms with Gasteiger partial charge in [0.1, 0.15) is 5.69 Å². The van der Waals surface area contributed by atoms with Gasteiger partial charge < -0.3 is 15.0 Å². The van der Waals surface area contributed by atoms with Gasteiger partial charge in [0.25, 0.3) is 0 Å². The van der Waals surface area contributed by atoms with Crippen LogP contribution in [0.4, 0.5) is 5.82 Å². The molecule has 1 aromatic heterocycles. The molecular weight excluding hydrogens is 342 g/mol. The number of amides is 1. The molecule has 7 nitrogen and oxygen atoms in total. The van der Waals surface area contributed by atoms with E-state index < -0.39 is 5.92 Å². The molecule has 1 N–H and O–H groups in total. The molecule has 1 amide bonds. The maximum atomic E-state index is 12.6. The summed E-state index contributed by atoms with van der Waals surface area (Å²) in [5.74, 6) is -0.712. The molecule has 3 rings (SSSR count). The largest absolute Gasteiger partial charge is 0.383 e. The van der Waals surface area contributed by atoms with Crippen molar-refractivity contribution in [3.05, 3.63) is 30.0 Å². The van der Waals surface area contributed by atoms with E-state index in [-0.39, 0.29) is 5.91 Å². The van der Waals surface area contributed by atoms with Gasteiger partial charge >= 0.3 is 0 Å². The Labute approximate surface area is 159 Å². The van der Waals surface area contributed by atoms with Crippen molar-refractivity contribution in [1.82, 2.24) is 15.3 Å². The topological polar surface area (TPSA) is 91.1 Å². The summed E-state index contributed by atoms with van der Waals surface area (Å²) in [5, 5.41) is 12.5. The normalized spacial score (nSPS) is 15.8. The van der Waals surface area contributed by atoms with Crippen LogP contribution in [-0.2, 0) is 9.53 Å². The predicted molar refractivity (Wildman–Crippen MR) is 103 cm³/mol. The number of ether oxygens (including phenoxy) is 1. The van der Waals surface area contributed by atoms with Crippen LogP contribution in [0.1, 0.15) is 37.3 Å². The summed E-state index contributed by atoms with van der Waals surface area (Å²) in [6.45, 7) is 2.48. The summed E-state index contributed by atoms with van der Waals surface area (Å²) in [7, 11) is 1.57. The molecule has 1 aliphatic heterocycles. The van der Waals surface area contributed by atoms with Gasteiger partial charge in [0.2, 0.25) is 5.91 Å². The molecular formula is C20H25N5O2. The minimum Gasteiger partial charge on any atom is -0.383 e. The van der Waals surface area contributed by atoms with Crippen molar-refractivity contribution in [2.75, 3.05) is 38.3 Å². The third-order valence-electron chi connectivity index (χ3n) is 4.75. The minimum absolute atomic E-state index is 0.355. The third kappa shape index (κ3) is 4.52. The van der Waals surface area contributed by atoms with Crippen molar-refractivity contribution in [2.24, 2.45) is 0 Å². The van der Waals surface area contributed by atoms with Crippen LogP contribution >= 0.6 is 0 Å². The summed E-state index contributed by atoms with van der Waals surface area (Å²) in [6.07, 6.45) is 4.52. The van der Waals surface area contributed by atoms with E-state index in [0.717, 1.165) is 31.4 Å². The van der Waals surface area contributed by atoms with Crippen LogP contribution in [-0.4, -0.2) is 49.2 Å². The zero-order chi connectivity index (χ0) is 19.1. The Hall–Kier alpha value is -2.72. The highest BCUT2D eigenvalue weighted by Gasteiger charge is 2.28. The van der Waals surface area contributed by atoms with Crippen molar-refractivity contribution in [1.29, 1.82) is 5.26 Å². The van der Waals surface area contributed by atoms with Crippen molar-refractivity contribution < 1.29 is 9.53 Å². The van der Waals surface area contributed by atoms with E-state index in [1.807, 2.05) is 24.3 Å². The van der Waals surface area contributed by atoms with Crippen LogP contribution in [0.15, 0.2) is 24.3 Å².